The van der Waals surface area contributed by atoms with Gasteiger partial charge in [-0.05, 0) is 12.5 Å². The first-order valence-corrected chi connectivity index (χ1v) is 5.04. The van der Waals surface area contributed by atoms with Gasteiger partial charge in [-0.3, -0.25) is 0 Å². The topological polar surface area (TPSA) is 25.4 Å². The normalized spacial score (nSPS) is 10.4. The van der Waals surface area contributed by atoms with Crippen LogP contribution in [0.15, 0.2) is 12.3 Å². The fourth-order valence-corrected chi connectivity index (χ4v) is 1.38. The summed E-state index contributed by atoms with van der Waals surface area (Å²) >= 11 is 5.61. The zero-order valence-electron chi connectivity index (χ0n) is 8.83. The number of hydrogen-bond acceptors (Lipinski definition) is 3. The lowest BCUT2D eigenvalue weighted by atomic mass is 10.3. The summed E-state index contributed by atoms with van der Waals surface area (Å²) in [5.41, 5.74) is 0. The molecule has 15 heavy (non-hydrogen) atoms. The largest absolute Gasteiger partial charge is 0.385 e. The monoisotopic (exact) mass is 232 g/mol. The van der Waals surface area contributed by atoms with Crippen molar-refractivity contribution in [2.75, 3.05) is 32.2 Å². The molecule has 1 rings (SSSR count). The highest BCUT2D eigenvalue weighted by Crippen LogP contribution is 2.18. The van der Waals surface area contributed by atoms with Crippen LogP contribution in [0.3, 0.4) is 0 Å². The van der Waals surface area contributed by atoms with Gasteiger partial charge in [-0.1, -0.05) is 11.6 Å². The number of ether oxygens (including phenoxy) is 1. The molecule has 0 bridgehead atoms. The standard InChI is InChI=1S/C10H14ClFN2O/c1-14(4-3-5-15-2)10-9(12)6-8(11)7-13-10/h6-7H,3-5H2,1-2H3. The van der Waals surface area contributed by atoms with E-state index in [0.29, 0.717) is 24.0 Å². The van der Waals surface area contributed by atoms with Gasteiger partial charge in [0.05, 0.1) is 5.02 Å². The minimum atomic E-state index is -0.401. The lowest BCUT2D eigenvalue weighted by Crippen LogP contribution is -2.21. The highest BCUT2D eigenvalue weighted by molar-refractivity contribution is 6.30. The Bertz CT molecular complexity index is 322. The molecule has 0 radical (unpaired) electrons. The summed E-state index contributed by atoms with van der Waals surface area (Å²) in [5.74, 6) is -0.0853. The van der Waals surface area contributed by atoms with Crippen LogP contribution in [0.1, 0.15) is 6.42 Å². The van der Waals surface area contributed by atoms with Crippen molar-refractivity contribution in [1.29, 1.82) is 0 Å². The first-order chi connectivity index (χ1) is 7.15. The van der Waals surface area contributed by atoms with Crippen LogP contribution >= 0.6 is 11.6 Å². The van der Waals surface area contributed by atoms with Gasteiger partial charge in [-0.15, -0.1) is 0 Å². The quantitative estimate of drug-likeness (QED) is 0.729. The second-order valence-corrected chi connectivity index (χ2v) is 3.66. The molecule has 0 aromatic carbocycles. The minimum absolute atomic E-state index is 0.307. The van der Waals surface area contributed by atoms with E-state index in [9.17, 15) is 4.39 Å². The molecule has 0 amide bonds. The predicted octanol–water partition coefficient (Wildman–Crippen LogP) is 2.35. The fourth-order valence-electron chi connectivity index (χ4n) is 1.24. The van der Waals surface area contributed by atoms with Gasteiger partial charge < -0.3 is 9.64 Å². The summed E-state index contributed by atoms with van der Waals surface area (Å²) in [4.78, 5) is 5.68. The average molecular weight is 233 g/mol. The Kier molecular flexibility index (Phi) is 4.78. The van der Waals surface area contributed by atoms with Crippen LogP contribution in [0.25, 0.3) is 0 Å². The van der Waals surface area contributed by atoms with E-state index < -0.39 is 5.82 Å². The van der Waals surface area contributed by atoms with E-state index in [4.69, 9.17) is 16.3 Å². The van der Waals surface area contributed by atoms with Crippen molar-refractivity contribution in [3.8, 4) is 0 Å². The molecule has 84 valence electrons. The predicted molar refractivity (Wildman–Crippen MR) is 59.0 cm³/mol. The van der Waals surface area contributed by atoms with E-state index in [2.05, 4.69) is 4.98 Å². The summed E-state index contributed by atoms with van der Waals surface area (Å²) in [7, 11) is 3.43. The first kappa shape index (κ1) is 12.2. The van der Waals surface area contributed by atoms with Gasteiger partial charge in [0.1, 0.15) is 0 Å². The van der Waals surface area contributed by atoms with Crippen molar-refractivity contribution < 1.29 is 9.13 Å². The number of halogens is 2. The molecule has 0 fully saturated rings. The number of rotatable bonds is 5. The van der Waals surface area contributed by atoms with Gasteiger partial charge in [-0.2, -0.15) is 0 Å². The molecule has 0 aliphatic rings. The Morgan fingerprint density at radius 1 is 1.60 bits per heavy atom. The van der Waals surface area contributed by atoms with Crippen LogP contribution in [0.4, 0.5) is 10.2 Å². The zero-order valence-corrected chi connectivity index (χ0v) is 9.59. The van der Waals surface area contributed by atoms with Crippen LogP contribution in [-0.2, 0) is 4.74 Å². The zero-order chi connectivity index (χ0) is 11.3. The molecular formula is C10H14ClFN2O. The molecule has 5 heteroatoms. The lowest BCUT2D eigenvalue weighted by Gasteiger charge is -2.18. The van der Waals surface area contributed by atoms with E-state index in [1.807, 2.05) is 0 Å². The second kappa shape index (κ2) is 5.88. The maximum Gasteiger partial charge on any atom is 0.167 e. The first-order valence-electron chi connectivity index (χ1n) is 4.66. The van der Waals surface area contributed by atoms with Crippen LogP contribution < -0.4 is 4.90 Å². The van der Waals surface area contributed by atoms with Crippen LogP contribution in [-0.4, -0.2) is 32.3 Å². The second-order valence-electron chi connectivity index (χ2n) is 3.23. The van der Waals surface area contributed by atoms with Crippen molar-refractivity contribution >= 4 is 17.4 Å². The molecule has 1 aromatic heterocycles. The number of nitrogens with zero attached hydrogens (tertiary/aromatic N) is 2. The molecule has 3 nitrogen and oxygen atoms in total. The van der Waals surface area contributed by atoms with E-state index in [0.717, 1.165) is 6.42 Å². The highest BCUT2D eigenvalue weighted by Gasteiger charge is 2.09. The van der Waals surface area contributed by atoms with Gasteiger partial charge in [0.15, 0.2) is 11.6 Å². The lowest BCUT2D eigenvalue weighted by molar-refractivity contribution is 0.196. The maximum absolute atomic E-state index is 13.4. The third-order valence-corrected chi connectivity index (χ3v) is 2.20. The number of pyridine rings is 1. The van der Waals surface area contributed by atoms with Crippen LogP contribution in [0, 0.1) is 5.82 Å². The summed E-state index contributed by atoms with van der Waals surface area (Å²) < 4.78 is 18.3. The van der Waals surface area contributed by atoms with Crippen LogP contribution in [0.5, 0.6) is 0 Å². The Balaban J connectivity index is 2.61. The van der Waals surface area contributed by atoms with E-state index in [-0.39, 0.29) is 0 Å². The van der Waals surface area contributed by atoms with Gasteiger partial charge in [0.25, 0.3) is 0 Å². The van der Waals surface area contributed by atoms with Crippen molar-refractivity contribution in [2.45, 2.75) is 6.42 Å². The van der Waals surface area contributed by atoms with E-state index in [1.54, 1.807) is 19.1 Å². The number of methoxy groups -OCH3 is 1. The molecule has 0 spiro atoms. The van der Waals surface area contributed by atoms with Crippen LogP contribution in [0.2, 0.25) is 5.02 Å². The molecule has 0 unspecified atom stereocenters. The van der Waals surface area contributed by atoms with Gasteiger partial charge in [0, 0.05) is 33.5 Å². The van der Waals surface area contributed by atoms with Crippen molar-refractivity contribution in [3.63, 3.8) is 0 Å². The summed E-state index contributed by atoms with van der Waals surface area (Å²) in [6, 6.07) is 1.26. The van der Waals surface area contributed by atoms with Gasteiger partial charge >= 0.3 is 0 Å². The Morgan fingerprint density at radius 2 is 2.33 bits per heavy atom. The SMILES string of the molecule is COCCCN(C)c1ncc(Cl)cc1F. The molecular weight excluding hydrogens is 219 g/mol. The molecule has 1 heterocycles. The Morgan fingerprint density at radius 3 is 2.93 bits per heavy atom. The van der Waals surface area contributed by atoms with Gasteiger partial charge in [0.2, 0.25) is 0 Å². The smallest absolute Gasteiger partial charge is 0.167 e. The molecule has 0 aliphatic heterocycles. The minimum Gasteiger partial charge on any atom is -0.385 e. The fraction of sp³-hybridized carbons (Fsp3) is 0.500. The highest BCUT2D eigenvalue weighted by atomic mass is 35.5. The van der Waals surface area contributed by atoms with Crippen molar-refractivity contribution in [3.05, 3.63) is 23.1 Å². The van der Waals surface area contributed by atoms with E-state index in [1.165, 1.54) is 12.3 Å². The van der Waals surface area contributed by atoms with Gasteiger partial charge in [-0.25, -0.2) is 9.37 Å². The molecule has 1 aromatic rings. The van der Waals surface area contributed by atoms with Crippen molar-refractivity contribution in [2.24, 2.45) is 0 Å². The Hall–Kier alpha value is -0.870. The molecule has 0 N–H and O–H groups in total. The summed E-state index contributed by atoms with van der Waals surface area (Å²) in [6.07, 6.45) is 2.27. The molecule has 0 saturated carbocycles. The third kappa shape index (κ3) is 3.64. The maximum atomic E-state index is 13.4. The average Bonchev–Trinajstić information content (AvgIpc) is 2.17. The summed E-state index contributed by atoms with van der Waals surface area (Å²) in [6.45, 7) is 1.35. The number of hydrogen-bond donors (Lipinski definition) is 0. The molecule has 0 atom stereocenters. The van der Waals surface area contributed by atoms with E-state index >= 15 is 0 Å². The van der Waals surface area contributed by atoms with Crippen molar-refractivity contribution in [1.82, 2.24) is 4.98 Å². The molecule has 0 saturated heterocycles. The summed E-state index contributed by atoms with van der Waals surface area (Å²) in [5, 5.41) is 0.307. The Labute approximate surface area is 93.8 Å². The number of aromatic nitrogens is 1. The molecule has 0 aliphatic carbocycles. The third-order valence-electron chi connectivity index (χ3n) is 1.99. The number of anilines is 1.